The minimum Gasteiger partial charge on any atom is -0.342 e. The molecule has 18 heavy (non-hydrogen) atoms. The van der Waals surface area contributed by atoms with Crippen LogP contribution in [0.1, 0.15) is 17.7 Å². The van der Waals surface area contributed by atoms with Gasteiger partial charge in [-0.3, -0.25) is 4.79 Å². The molecular weight excluding hydrogens is 244 g/mol. The molecule has 1 fully saturated rings. The monoisotopic (exact) mass is 264 g/mol. The second-order valence-electron chi connectivity index (χ2n) is 4.76. The van der Waals surface area contributed by atoms with Crippen molar-refractivity contribution in [3.05, 3.63) is 28.5 Å². The maximum Gasteiger partial charge on any atom is 0.246 e. The van der Waals surface area contributed by atoms with Crippen LogP contribution in [0.5, 0.6) is 0 Å². The van der Waals surface area contributed by atoms with Crippen molar-refractivity contribution in [1.82, 2.24) is 10.2 Å². The predicted molar refractivity (Wildman–Crippen MR) is 76.6 cm³/mol. The van der Waals surface area contributed by atoms with Crippen molar-refractivity contribution in [2.75, 3.05) is 26.7 Å². The Morgan fingerprint density at radius 1 is 1.56 bits per heavy atom. The molecule has 1 aromatic heterocycles. The van der Waals surface area contributed by atoms with Crippen LogP contribution in [0.15, 0.2) is 23.6 Å². The minimum absolute atomic E-state index is 0.0990. The van der Waals surface area contributed by atoms with E-state index in [-0.39, 0.29) is 5.91 Å². The van der Waals surface area contributed by atoms with Crippen molar-refractivity contribution >= 4 is 23.3 Å². The van der Waals surface area contributed by atoms with E-state index < -0.39 is 0 Å². The summed E-state index contributed by atoms with van der Waals surface area (Å²) in [6.45, 7) is 3.03. The van der Waals surface area contributed by atoms with Crippen molar-refractivity contribution in [2.45, 2.75) is 12.8 Å². The summed E-state index contributed by atoms with van der Waals surface area (Å²) in [6, 6.07) is 4.01. The summed E-state index contributed by atoms with van der Waals surface area (Å²) in [5, 5.41) is 5.36. The Bertz CT molecular complexity index is 394. The number of carbonyl (C=O) groups excluding carboxylic acids is 1. The predicted octanol–water partition coefficient (Wildman–Crippen LogP) is 2.22. The first kappa shape index (κ1) is 13.3. The maximum absolute atomic E-state index is 11.9. The summed E-state index contributed by atoms with van der Waals surface area (Å²) in [6.07, 6.45) is 5.91. The van der Waals surface area contributed by atoms with E-state index >= 15 is 0 Å². The van der Waals surface area contributed by atoms with Crippen LogP contribution in [0.25, 0.3) is 6.08 Å². The molecule has 1 amide bonds. The number of hydrogen-bond acceptors (Lipinski definition) is 3. The second-order valence-corrected chi connectivity index (χ2v) is 5.74. The Kier molecular flexibility index (Phi) is 4.96. The molecule has 98 valence electrons. The lowest BCUT2D eigenvalue weighted by atomic mass is 9.98. The van der Waals surface area contributed by atoms with Gasteiger partial charge in [-0.2, -0.15) is 0 Å². The summed E-state index contributed by atoms with van der Waals surface area (Å²) in [5.41, 5.74) is 0. The van der Waals surface area contributed by atoms with Gasteiger partial charge in [0.25, 0.3) is 0 Å². The second kappa shape index (κ2) is 6.71. The molecule has 1 N–H and O–H groups in total. The third-order valence-electron chi connectivity index (χ3n) is 3.30. The zero-order valence-corrected chi connectivity index (χ0v) is 11.6. The molecule has 0 bridgehead atoms. The van der Waals surface area contributed by atoms with Crippen LogP contribution in [0.4, 0.5) is 0 Å². The fraction of sp³-hybridized carbons (Fsp3) is 0.500. The highest BCUT2D eigenvalue weighted by Gasteiger charge is 2.16. The van der Waals surface area contributed by atoms with Crippen LogP contribution in [0.3, 0.4) is 0 Å². The average molecular weight is 264 g/mol. The van der Waals surface area contributed by atoms with Gasteiger partial charge in [0.05, 0.1) is 0 Å². The number of amides is 1. The number of piperidine rings is 1. The van der Waals surface area contributed by atoms with Gasteiger partial charge in [-0.1, -0.05) is 6.07 Å². The molecule has 3 nitrogen and oxygen atoms in total. The highest BCUT2D eigenvalue weighted by molar-refractivity contribution is 7.10. The lowest BCUT2D eigenvalue weighted by Gasteiger charge is -2.26. The van der Waals surface area contributed by atoms with E-state index in [1.807, 2.05) is 35.5 Å². The minimum atomic E-state index is 0.0990. The van der Waals surface area contributed by atoms with E-state index in [9.17, 15) is 4.79 Å². The first-order chi connectivity index (χ1) is 8.75. The normalized spacial score (nSPS) is 17.2. The summed E-state index contributed by atoms with van der Waals surface area (Å²) in [4.78, 5) is 14.9. The molecule has 2 rings (SSSR count). The molecule has 1 aliphatic heterocycles. The summed E-state index contributed by atoms with van der Waals surface area (Å²) < 4.78 is 0. The summed E-state index contributed by atoms with van der Waals surface area (Å²) in [7, 11) is 1.89. The van der Waals surface area contributed by atoms with Crippen LogP contribution >= 0.6 is 11.3 Å². The lowest BCUT2D eigenvalue weighted by molar-refractivity contribution is -0.125. The van der Waals surface area contributed by atoms with Crippen molar-refractivity contribution in [2.24, 2.45) is 5.92 Å². The van der Waals surface area contributed by atoms with E-state index in [2.05, 4.69) is 5.32 Å². The van der Waals surface area contributed by atoms with E-state index in [0.29, 0.717) is 5.92 Å². The molecule has 1 aromatic rings. The number of nitrogens with one attached hydrogen (secondary N) is 1. The first-order valence-corrected chi connectivity index (χ1v) is 7.31. The van der Waals surface area contributed by atoms with Crippen molar-refractivity contribution in [1.29, 1.82) is 0 Å². The third-order valence-corrected chi connectivity index (χ3v) is 4.14. The fourth-order valence-electron chi connectivity index (χ4n) is 2.21. The van der Waals surface area contributed by atoms with Gasteiger partial charge in [-0.15, -0.1) is 11.3 Å². The molecule has 0 unspecified atom stereocenters. The van der Waals surface area contributed by atoms with Gasteiger partial charge in [0.2, 0.25) is 5.91 Å². The van der Waals surface area contributed by atoms with Crippen LogP contribution in [0, 0.1) is 5.92 Å². The standard InChI is InChI=1S/C14H20N2OS/c1-16(11-12-6-8-15-9-7-12)14(17)5-4-13-3-2-10-18-13/h2-5,10,12,15H,6-9,11H2,1H3. The molecular formula is C14H20N2OS. The molecule has 1 saturated heterocycles. The quantitative estimate of drug-likeness (QED) is 0.846. The number of hydrogen-bond donors (Lipinski definition) is 1. The van der Waals surface area contributed by atoms with Gasteiger partial charge >= 0.3 is 0 Å². The van der Waals surface area contributed by atoms with Crippen molar-refractivity contribution in [3.8, 4) is 0 Å². The largest absolute Gasteiger partial charge is 0.342 e. The molecule has 0 atom stereocenters. The number of thiophene rings is 1. The molecule has 0 spiro atoms. The fourth-order valence-corrected chi connectivity index (χ4v) is 2.83. The molecule has 0 radical (unpaired) electrons. The smallest absolute Gasteiger partial charge is 0.246 e. The van der Waals surface area contributed by atoms with Crippen molar-refractivity contribution in [3.63, 3.8) is 0 Å². The molecule has 1 aliphatic rings. The highest BCUT2D eigenvalue weighted by atomic mass is 32.1. The Morgan fingerprint density at radius 2 is 2.33 bits per heavy atom. The molecule has 0 aliphatic carbocycles. The number of nitrogens with zero attached hydrogens (tertiary/aromatic N) is 1. The van der Waals surface area contributed by atoms with E-state index in [1.165, 1.54) is 12.8 Å². The van der Waals surface area contributed by atoms with Crippen molar-refractivity contribution < 1.29 is 4.79 Å². The maximum atomic E-state index is 11.9. The number of carbonyl (C=O) groups is 1. The van der Waals surface area contributed by atoms with E-state index in [0.717, 1.165) is 24.5 Å². The lowest BCUT2D eigenvalue weighted by Crippen LogP contribution is -2.36. The molecule has 2 heterocycles. The topological polar surface area (TPSA) is 32.3 Å². The number of likely N-dealkylation sites (N-methyl/N-ethyl adjacent to an activating group) is 1. The highest BCUT2D eigenvalue weighted by Crippen LogP contribution is 2.14. The van der Waals surface area contributed by atoms with Crippen LogP contribution in [0.2, 0.25) is 0 Å². The van der Waals surface area contributed by atoms with Gasteiger partial charge in [-0.25, -0.2) is 0 Å². The number of rotatable bonds is 4. The summed E-state index contributed by atoms with van der Waals surface area (Å²) >= 11 is 1.65. The Morgan fingerprint density at radius 3 is 3.00 bits per heavy atom. The molecule has 4 heteroatoms. The van der Waals surface area contributed by atoms with Gasteiger partial charge < -0.3 is 10.2 Å². The average Bonchev–Trinajstić information content (AvgIpc) is 2.90. The molecule has 0 saturated carbocycles. The SMILES string of the molecule is CN(CC1CCNCC1)C(=O)C=Cc1cccs1. The van der Waals surface area contributed by atoms with Gasteiger partial charge in [0, 0.05) is 24.5 Å². The van der Waals surface area contributed by atoms with Crippen LogP contribution in [-0.2, 0) is 4.79 Å². The van der Waals surface area contributed by atoms with Crippen LogP contribution in [-0.4, -0.2) is 37.5 Å². The van der Waals surface area contributed by atoms with Gasteiger partial charge in [0.15, 0.2) is 0 Å². The van der Waals surface area contributed by atoms with Crippen LogP contribution < -0.4 is 5.32 Å². The van der Waals surface area contributed by atoms with E-state index in [4.69, 9.17) is 0 Å². The van der Waals surface area contributed by atoms with E-state index in [1.54, 1.807) is 17.4 Å². The molecule has 0 aromatic carbocycles. The third kappa shape index (κ3) is 3.96. The Balaban J connectivity index is 1.80. The Labute approximate surface area is 112 Å². The van der Waals surface area contributed by atoms with Gasteiger partial charge in [0.1, 0.15) is 0 Å². The first-order valence-electron chi connectivity index (χ1n) is 6.43. The van der Waals surface area contributed by atoms with Gasteiger partial charge in [-0.05, 0) is 49.4 Å². The summed E-state index contributed by atoms with van der Waals surface area (Å²) in [5.74, 6) is 0.747. The Hall–Kier alpha value is -1.13. The zero-order chi connectivity index (χ0) is 12.8. The zero-order valence-electron chi connectivity index (χ0n) is 10.8.